The zero-order chi connectivity index (χ0) is 10.1. The Labute approximate surface area is 92.2 Å². The van der Waals surface area contributed by atoms with E-state index in [-0.39, 0.29) is 0 Å². The number of fused-ring (bicyclic) bond motifs is 1. The second-order valence-electron chi connectivity index (χ2n) is 4.18. The van der Waals surface area contributed by atoms with Crippen molar-refractivity contribution in [2.24, 2.45) is 11.8 Å². The molecule has 2 atom stereocenters. The summed E-state index contributed by atoms with van der Waals surface area (Å²) < 4.78 is 0. The standard InChI is InChI=1S/C11H15BrN2/c1-7(2)9-5-8-6-13-14-11(8)4-3-10(9)12/h4-7,9-10,14H,3H2,1-2H3. The van der Waals surface area contributed by atoms with Gasteiger partial charge in [0.15, 0.2) is 0 Å². The maximum Gasteiger partial charge on any atom is 0.0607 e. The van der Waals surface area contributed by atoms with Gasteiger partial charge < -0.3 is 0 Å². The number of aromatic nitrogens is 2. The highest BCUT2D eigenvalue weighted by Gasteiger charge is 2.20. The lowest BCUT2D eigenvalue weighted by Gasteiger charge is -2.20. The van der Waals surface area contributed by atoms with Gasteiger partial charge in [-0.25, -0.2) is 0 Å². The summed E-state index contributed by atoms with van der Waals surface area (Å²) >= 11 is 3.75. The predicted octanol–water partition coefficient (Wildman–Crippen LogP) is 1.41. The fourth-order valence-corrected chi connectivity index (χ4v) is 2.86. The van der Waals surface area contributed by atoms with E-state index in [0.29, 0.717) is 16.7 Å². The quantitative estimate of drug-likeness (QED) is 0.755. The van der Waals surface area contributed by atoms with Crippen LogP contribution in [0.2, 0.25) is 0 Å². The Morgan fingerprint density at radius 3 is 3.07 bits per heavy atom. The van der Waals surface area contributed by atoms with E-state index in [2.05, 4.69) is 52.1 Å². The Morgan fingerprint density at radius 2 is 2.36 bits per heavy atom. The van der Waals surface area contributed by atoms with Crippen LogP contribution in [0.4, 0.5) is 0 Å². The van der Waals surface area contributed by atoms with Crippen LogP contribution in [0, 0.1) is 11.8 Å². The van der Waals surface area contributed by atoms with Crippen LogP contribution in [0.5, 0.6) is 0 Å². The zero-order valence-electron chi connectivity index (χ0n) is 8.50. The molecular weight excluding hydrogens is 240 g/mol. The van der Waals surface area contributed by atoms with Crippen LogP contribution in [0.15, 0.2) is 6.20 Å². The summed E-state index contributed by atoms with van der Waals surface area (Å²) in [6.45, 7) is 4.53. The maximum atomic E-state index is 4.06. The lowest BCUT2D eigenvalue weighted by molar-refractivity contribution is 0.481. The minimum absolute atomic E-state index is 0.545. The van der Waals surface area contributed by atoms with Gasteiger partial charge in [-0.2, -0.15) is 5.10 Å². The Morgan fingerprint density at radius 1 is 1.57 bits per heavy atom. The summed E-state index contributed by atoms with van der Waals surface area (Å²) in [6, 6.07) is 0. The number of hydrogen-bond acceptors (Lipinski definition) is 1. The van der Waals surface area contributed by atoms with Crippen molar-refractivity contribution in [3.05, 3.63) is 16.8 Å². The van der Waals surface area contributed by atoms with Crippen molar-refractivity contribution in [1.82, 2.24) is 10.2 Å². The van der Waals surface area contributed by atoms with Crippen LogP contribution in [0.1, 0.15) is 20.3 Å². The van der Waals surface area contributed by atoms with Crippen LogP contribution >= 0.6 is 15.9 Å². The molecule has 1 heterocycles. The monoisotopic (exact) mass is 254 g/mol. The molecule has 0 bridgehead atoms. The first kappa shape index (κ1) is 9.97. The van der Waals surface area contributed by atoms with Crippen molar-refractivity contribution in [2.75, 3.05) is 0 Å². The van der Waals surface area contributed by atoms with Gasteiger partial charge in [0.1, 0.15) is 0 Å². The molecule has 2 nitrogen and oxygen atoms in total. The molecule has 2 unspecified atom stereocenters. The van der Waals surface area contributed by atoms with E-state index in [0.717, 1.165) is 11.8 Å². The van der Waals surface area contributed by atoms with Crippen molar-refractivity contribution in [3.63, 3.8) is 0 Å². The summed E-state index contributed by atoms with van der Waals surface area (Å²) in [7, 11) is 0. The number of nitrogens with zero attached hydrogens (tertiary/aromatic N) is 1. The number of alkyl halides is 1. The third kappa shape index (κ3) is 1.78. The van der Waals surface area contributed by atoms with Crippen LogP contribution in [0.3, 0.4) is 0 Å². The minimum atomic E-state index is 0.545. The molecule has 14 heavy (non-hydrogen) atoms. The topological polar surface area (TPSA) is 28.7 Å². The number of H-pyrrole nitrogens is 1. The molecule has 0 saturated carbocycles. The number of hydrogen-bond donors (Lipinski definition) is 1. The van der Waals surface area contributed by atoms with Gasteiger partial charge in [-0.05, 0) is 18.3 Å². The van der Waals surface area contributed by atoms with Crippen molar-refractivity contribution in [2.45, 2.75) is 25.1 Å². The van der Waals surface area contributed by atoms with Crippen molar-refractivity contribution in [1.29, 1.82) is 0 Å². The summed E-state index contributed by atoms with van der Waals surface area (Å²) in [5, 5.41) is 9.49. The van der Waals surface area contributed by atoms with E-state index in [9.17, 15) is 0 Å². The third-order valence-corrected chi connectivity index (χ3v) is 3.79. The molecule has 0 fully saturated rings. The van der Waals surface area contributed by atoms with E-state index in [1.807, 2.05) is 6.20 Å². The molecule has 1 aromatic heterocycles. The molecule has 3 heteroatoms. The largest absolute Gasteiger partial charge is 0.278 e. The second kappa shape index (κ2) is 3.89. The van der Waals surface area contributed by atoms with Crippen LogP contribution in [-0.2, 0) is 0 Å². The first-order valence-corrected chi connectivity index (χ1v) is 5.95. The summed E-state index contributed by atoms with van der Waals surface area (Å²) in [6.07, 6.45) is 7.52. The summed E-state index contributed by atoms with van der Waals surface area (Å²) in [5.41, 5.74) is 0. The second-order valence-corrected chi connectivity index (χ2v) is 5.36. The first-order valence-electron chi connectivity index (χ1n) is 5.04. The smallest absolute Gasteiger partial charge is 0.0607 e. The van der Waals surface area contributed by atoms with Gasteiger partial charge in [-0.15, -0.1) is 0 Å². The Balaban J connectivity index is 2.50. The van der Waals surface area contributed by atoms with Crippen molar-refractivity contribution < 1.29 is 0 Å². The van der Waals surface area contributed by atoms with Crippen LogP contribution in [-0.4, -0.2) is 15.0 Å². The molecule has 0 amide bonds. The SMILES string of the molecule is CC(C)C1C=c2cn[nH]c2=CCC1Br. The van der Waals surface area contributed by atoms with Gasteiger partial charge >= 0.3 is 0 Å². The molecule has 0 radical (unpaired) electrons. The lowest BCUT2D eigenvalue weighted by Crippen LogP contribution is -2.23. The number of rotatable bonds is 1. The first-order chi connectivity index (χ1) is 6.68. The van der Waals surface area contributed by atoms with Gasteiger partial charge in [0, 0.05) is 10.0 Å². The Kier molecular flexibility index (Phi) is 2.77. The normalized spacial score (nSPS) is 26.3. The summed E-state index contributed by atoms with van der Waals surface area (Å²) in [4.78, 5) is 0.545. The number of aromatic amines is 1. The highest BCUT2D eigenvalue weighted by Crippen LogP contribution is 2.26. The predicted molar refractivity (Wildman–Crippen MR) is 62.4 cm³/mol. The fourth-order valence-electron chi connectivity index (χ4n) is 1.91. The summed E-state index contributed by atoms with van der Waals surface area (Å²) in [5.74, 6) is 1.25. The molecule has 1 aromatic rings. The average Bonchev–Trinajstić information content (AvgIpc) is 2.51. The van der Waals surface area contributed by atoms with Crippen LogP contribution in [0.25, 0.3) is 12.2 Å². The average molecular weight is 255 g/mol. The molecule has 0 aromatic carbocycles. The lowest BCUT2D eigenvalue weighted by atomic mass is 9.91. The molecule has 1 aliphatic carbocycles. The van der Waals surface area contributed by atoms with Gasteiger partial charge in [-0.3, -0.25) is 5.10 Å². The van der Waals surface area contributed by atoms with Crippen LogP contribution < -0.4 is 10.6 Å². The van der Waals surface area contributed by atoms with E-state index in [1.54, 1.807) is 0 Å². The van der Waals surface area contributed by atoms with Gasteiger partial charge in [-0.1, -0.05) is 41.9 Å². The highest BCUT2D eigenvalue weighted by atomic mass is 79.9. The molecule has 2 rings (SSSR count). The van der Waals surface area contributed by atoms with Crippen molar-refractivity contribution >= 4 is 28.1 Å². The molecule has 76 valence electrons. The van der Waals surface area contributed by atoms with E-state index < -0.39 is 0 Å². The van der Waals surface area contributed by atoms with Crippen molar-refractivity contribution in [3.8, 4) is 0 Å². The molecule has 1 aliphatic rings. The molecule has 0 saturated heterocycles. The number of halogens is 1. The number of nitrogens with one attached hydrogen (secondary N) is 1. The van der Waals surface area contributed by atoms with Gasteiger partial charge in [0.2, 0.25) is 0 Å². The zero-order valence-corrected chi connectivity index (χ0v) is 10.1. The molecule has 0 spiro atoms. The minimum Gasteiger partial charge on any atom is -0.278 e. The maximum absolute atomic E-state index is 4.06. The Hall–Kier alpha value is -0.570. The fraction of sp³-hybridized carbons (Fsp3) is 0.545. The van der Waals surface area contributed by atoms with Gasteiger partial charge in [0.05, 0.1) is 11.5 Å². The molecule has 1 N–H and O–H groups in total. The van der Waals surface area contributed by atoms with E-state index in [1.165, 1.54) is 5.22 Å². The highest BCUT2D eigenvalue weighted by molar-refractivity contribution is 9.09. The van der Waals surface area contributed by atoms with E-state index >= 15 is 0 Å². The molecule has 0 aliphatic heterocycles. The van der Waals surface area contributed by atoms with Gasteiger partial charge in [0.25, 0.3) is 0 Å². The van der Waals surface area contributed by atoms with E-state index in [4.69, 9.17) is 0 Å². The molecular formula is C11H15BrN2. The Bertz CT molecular complexity index is 419. The third-order valence-electron chi connectivity index (χ3n) is 2.81.